The number of nitrogen functional groups attached to an aromatic ring is 1. The molecule has 0 unspecified atom stereocenters. The molecule has 1 aromatic heterocycles. The minimum absolute atomic E-state index is 0.00146. The molecule has 0 bridgehead atoms. The average molecular weight is 614 g/mol. The normalized spacial score (nSPS) is 14.0. The van der Waals surface area contributed by atoms with E-state index in [1.54, 1.807) is 12.1 Å². The topological polar surface area (TPSA) is 117 Å². The van der Waals surface area contributed by atoms with Gasteiger partial charge in [0.25, 0.3) is 11.8 Å². The van der Waals surface area contributed by atoms with Gasteiger partial charge in [-0.2, -0.15) is 4.37 Å². The summed E-state index contributed by atoms with van der Waals surface area (Å²) in [6.45, 7) is 2.24. The molecular formula is C34H36FN5O3S. The Morgan fingerprint density at radius 3 is 2.34 bits per heavy atom. The summed E-state index contributed by atoms with van der Waals surface area (Å²) >= 11 is 0.824. The highest BCUT2D eigenvalue weighted by atomic mass is 32.1. The Kier molecular flexibility index (Phi) is 10.0. The van der Waals surface area contributed by atoms with Crippen LogP contribution in [0.25, 0.3) is 0 Å². The number of aromatic nitrogens is 1. The van der Waals surface area contributed by atoms with E-state index >= 15 is 0 Å². The van der Waals surface area contributed by atoms with E-state index in [0.29, 0.717) is 24.2 Å². The number of nitrogens with two attached hydrogens (primary N) is 1. The molecule has 0 spiro atoms. The van der Waals surface area contributed by atoms with Crippen LogP contribution in [0.2, 0.25) is 0 Å². The summed E-state index contributed by atoms with van der Waals surface area (Å²) in [5, 5.41) is 5.97. The molecular weight excluding hydrogens is 577 g/mol. The molecule has 0 saturated heterocycles. The lowest BCUT2D eigenvalue weighted by Gasteiger charge is -2.31. The van der Waals surface area contributed by atoms with Crippen molar-refractivity contribution in [1.82, 2.24) is 15.0 Å². The van der Waals surface area contributed by atoms with E-state index in [1.165, 1.54) is 29.2 Å². The minimum Gasteiger partial charge on any atom is -0.395 e. The molecule has 0 aliphatic heterocycles. The highest BCUT2D eigenvalue weighted by molar-refractivity contribution is 7.09. The third-order valence-electron chi connectivity index (χ3n) is 7.86. The summed E-state index contributed by atoms with van der Waals surface area (Å²) in [7, 11) is 0. The second-order valence-corrected chi connectivity index (χ2v) is 11.8. The first kappa shape index (κ1) is 30.9. The van der Waals surface area contributed by atoms with E-state index in [2.05, 4.69) is 15.0 Å². The Morgan fingerprint density at radius 2 is 1.66 bits per heavy atom. The molecule has 8 nitrogen and oxygen atoms in total. The van der Waals surface area contributed by atoms with E-state index in [0.717, 1.165) is 54.8 Å². The first-order valence-corrected chi connectivity index (χ1v) is 15.6. The predicted molar refractivity (Wildman–Crippen MR) is 171 cm³/mol. The van der Waals surface area contributed by atoms with Crippen LogP contribution in [0.1, 0.15) is 75.0 Å². The molecule has 1 aliphatic carbocycles. The summed E-state index contributed by atoms with van der Waals surface area (Å²) in [6.07, 6.45) is 5.61. The van der Waals surface area contributed by atoms with Gasteiger partial charge >= 0.3 is 0 Å². The van der Waals surface area contributed by atoms with Gasteiger partial charge in [0.15, 0.2) is 5.69 Å². The van der Waals surface area contributed by atoms with Crippen LogP contribution in [0.4, 0.5) is 15.8 Å². The molecule has 4 N–H and O–H groups in total. The van der Waals surface area contributed by atoms with Gasteiger partial charge in [0.05, 0.1) is 5.69 Å². The number of hydrogen-bond donors (Lipinski definition) is 3. The summed E-state index contributed by atoms with van der Waals surface area (Å²) < 4.78 is 18.3. The lowest BCUT2D eigenvalue weighted by Crippen LogP contribution is -2.44. The number of anilines is 2. The molecule has 0 radical (unpaired) electrons. The van der Waals surface area contributed by atoms with Crippen LogP contribution in [-0.4, -0.2) is 34.7 Å². The first-order valence-electron chi connectivity index (χ1n) is 14.8. The van der Waals surface area contributed by atoms with Crippen LogP contribution in [-0.2, 0) is 11.2 Å². The molecule has 44 heavy (non-hydrogen) atoms. The standard InChI is InChI=1S/C34H36FN5O3S/c1-22-12-18-27(19-13-22)40(34(43)31-28(36)29(39-44-31)32(41)38-26-10-6-3-7-11-26)30(24-14-16-25(35)17-15-24)33(42)37-21-20-23-8-4-2-5-9-23/h2,4-5,8-9,12-19,26,30H,3,6-7,10-11,20-21,36H2,1H3,(H,37,42)(H,38,41)/t30-/m0/s1. The zero-order valence-corrected chi connectivity index (χ0v) is 25.4. The third kappa shape index (κ3) is 7.31. The number of hydrogen-bond acceptors (Lipinski definition) is 6. The predicted octanol–water partition coefficient (Wildman–Crippen LogP) is 5.98. The number of benzene rings is 3. The summed E-state index contributed by atoms with van der Waals surface area (Å²) in [5.74, 6) is -1.92. The van der Waals surface area contributed by atoms with Crippen molar-refractivity contribution in [1.29, 1.82) is 0 Å². The van der Waals surface area contributed by atoms with E-state index in [4.69, 9.17) is 5.73 Å². The highest BCUT2D eigenvalue weighted by Crippen LogP contribution is 2.33. The van der Waals surface area contributed by atoms with Crippen LogP contribution in [0.5, 0.6) is 0 Å². The number of halogens is 1. The largest absolute Gasteiger partial charge is 0.395 e. The van der Waals surface area contributed by atoms with Crippen molar-refractivity contribution in [2.24, 2.45) is 0 Å². The van der Waals surface area contributed by atoms with Gasteiger partial charge in [-0.1, -0.05) is 79.4 Å². The lowest BCUT2D eigenvalue weighted by molar-refractivity contribution is -0.122. The molecule has 4 aromatic rings. The molecule has 228 valence electrons. The van der Waals surface area contributed by atoms with Crippen LogP contribution >= 0.6 is 11.5 Å². The van der Waals surface area contributed by atoms with Gasteiger partial charge in [-0.25, -0.2) is 4.39 Å². The first-order chi connectivity index (χ1) is 21.3. The fourth-order valence-corrected chi connectivity index (χ4v) is 6.18. The van der Waals surface area contributed by atoms with Gasteiger partial charge in [0.1, 0.15) is 16.7 Å². The molecule has 1 saturated carbocycles. The Hall–Kier alpha value is -4.57. The van der Waals surface area contributed by atoms with Crippen LogP contribution in [0.15, 0.2) is 78.9 Å². The Labute approximate surface area is 260 Å². The zero-order valence-electron chi connectivity index (χ0n) is 24.6. The van der Waals surface area contributed by atoms with Crippen molar-refractivity contribution in [3.63, 3.8) is 0 Å². The van der Waals surface area contributed by atoms with Crippen LogP contribution < -0.4 is 21.3 Å². The number of nitrogens with zero attached hydrogens (tertiary/aromatic N) is 2. The van der Waals surface area contributed by atoms with E-state index < -0.39 is 29.6 Å². The smallest absolute Gasteiger partial charge is 0.273 e. The van der Waals surface area contributed by atoms with Crippen molar-refractivity contribution < 1.29 is 18.8 Å². The molecule has 1 atom stereocenters. The lowest BCUT2D eigenvalue weighted by atomic mass is 9.95. The Morgan fingerprint density at radius 1 is 0.977 bits per heavy atom. The molecule has 3 aromatic carbocycles. The van der Waals surface area contributed by atoms with Gasteiger partial charge in [0, 0.05) is 18.3 Å². The van der Waals surface area contributed by atoms with E-state index in [9.17, 15) is 18.8 Å². The van der Waals surface area contributed by atoms with Gasteiger partial charge in [-0.3, -0.25) is 19.3 Å². The summed E-state index contributed by atoms with van der Waals surface area (Å²) in [4.78, 5) is 42.8. The van der Waals surface area contributed by atoms with Crippen LogP contribution in [0, 0.1) is 12.7 Å². The van der Waals surface area contributed by atoms with Gasteiger partial charge in [0.2, 0.25) is 5.91 Å². The SMILES string of the molecule is Cc1ccc(N(C(=O)c2snc(C(=O)NC3CCCCC3)c2N)[C@H](C(=O)NCCc2ccccc2)c2ccc(F)cc2)cc1. The minimum atomic E-state index is -1.16. The van der Waals surface area contributed by atoms with Gasteiger partial charge in [-0.15, -0.1) is 0 Å². The number of carbonyl (C=O) groups excluding carboxylic acids is 3. The third-order valence-corrected chi connectivity index (χ3v) is 8.71. The van der Waals surface area contributed by atoms with Crippen molar-refractivity contribution >= 4 is 40.6 Å². The fourth-order valence-electron chi connectivity index (χ4n) is 5.45. The molecule has 3 amide bonds. The van der Waals surface area contributed by atoms with E-state index in [1.807, 2.05) is 49.4 Å². The van der Waals surface area contributed by atoms with Crippen molar-refractivity contribution in [2.45, 2.75) is 57.5 Å². The quantitative estimate of drug-likeness (QED) is 0.203. The average Bonchev–Trinajstić information content (AvgIpc) is 3.43. The molecule has 1 aliphatic rings. The maximum absolute atomic E-state index is 14.4. The van der Waals surface area contributed by atoms with Gasteiger partial charge in [-0.05, 0) is 73.1 Å². The summed E-state index contributed by atoms with van der Waals surface area (Å²) in [6, 6.07) is 21.3. The summed E-state index contributed by atoms with van der Waals surface area (Å²) in [5.41, 5.74) is 9.25. The Balaban J connectivity index is 1.48. The molecule has 1 heterocycles. The monoisotopic (exact) mass is 613 g/mol. The number of nitrogens with one attached hydrogen (secondary N) is 2. The second kappa shape index (κ2) is 14.3. The molecule has 10 heteroatoms. The highest BCUT2D eigenvalue weighted by Gasteiger charge is 2.36. The Bertz CT molecular complexity index is 1590. The number of carbonyl (C=O) groups is 3. The molecule has 1 fully saturated rings. The van der Waals surface area contributed by atoms with Crippen molar-refractivity contribution in [3.05, 3.63) is 112 Å². The maximum atomic E-state index is 14.4. The molecule has 5 rings (SSSR count). The van der Waals surface area contributed by atoms with E-state index in [-0.39, 0.29) is 22.3 Å². The second-order valence-electron chi connectivity index (χ2n) is 11.1. The number of aryl methyl sites for hydroxylation is 1. The fraction of sp³-hybridized carbons (Fsp3) is 0.294. The maximum Gasteiger partial charge on any atom is 0.273 e. The number of amides is 3. The van der Waals surface area contributed by atoms with Crippen LogP contribution in [0.3, 0.4) is 0 Å². The van der Waals surface area contributed by atoms with Crippen molar-refractivity contribution in [3.8, 4) is 0 Å². The van der Waals surface area contributed by atoms with Crippen molar-refractivity contribution in [2.75, 3.05) is 17.2 Å². The number of rotatable bonds is 10. The van der Waals surface area contributed by atoms with Gasteiger partial charge < -0.3 is 16.4 Å². The zero-order chi connectivity index (χ0) is 31.1.